The van der Waals surface area contributed by atoms with Crippen molar-refractivity contribution in [2.75, 3.05) is 13.2 Å². The zero-order valence-corrected chi connectivity index (χ0v) is 30.9. The number of rotatable bonds is 33. The first kappa shape index (κ1) is 46.0. The SMILES string of the molecule is CCCCCCCCCCCCCCC(=O)OC[C@H](COP(=O)(O)O)OC(=O)CCC/C=C\C/C=C\C/C=C\C/C=C\CC(O)CCC. The molecule has 9 nitrogen and oxygen atoms in total. The molecule has 48 heavy (non-hydrogen) atoms. The molecule has 0 aromatic rings. The van der Waals surface area contributed by atoms with Gasteiger partial charge in [-0.15, -0.1) is 0 Å². The van der Waals surface area contributed by atoms with Crippen molar-refractivity contribution >= 4 is 19.8 Å². The first-order valence-electron chi connectivity index (χ1n) is 18.5. The molecule has 0 heterocycles. The number of phosphoric ester groups is 1. The minimum Gasteiger partial charge on any atom is -0.462 e. The smallest absolute Gasteiger partial charge is 0.462 e. The third-order valence-electron chi connectivity index (χ3n) is 7.66. The molecule has 0 bridgehead atoms. The fourth-order valence-corrected chi connectivity index (χ4v) is 5.27. The molecular formula is C38H67O9P. The average molecular weight is 699 g/mol. The molecule has 1 unspecified atom stereocenters. The molecule has 0 spiro atoms. The number of esters is 2. The molecule has 0 amide bonds. The van der Waals surface area contributed by atoms with E-state index in [1.54, 1.807) is 0 Å². The predicted molar refractivity (Wildman–Crippen MR) is 194 cm³/mol. The van der Waals surface area contributed by atoms with E-state index < -0.39 is 32.5 Å². The highest BCUT2D eigenvalue weighted by atomic mass is 31.2. The Morgan fingerprint density at radius 2 is 1.12 bits per heavy atom. The maximum atomic E-state index is 12.3. The Kier molecular flexibility index (Phi) is 32.1. The van der Waals surface area contributed by atoms with Crippen LogP contribution in [-0.2, 0) is 28.2 Å². The quantitative estimate of drug-likeness (QED) is 0.0264. The number of carbonyl (C=O) groups is 2. The topological polar surface area (TPSA) is 140 Å². The second-order valence-electron chi connectivity index (χ2n) is 12.4. The summed E-state index contributed by atoms with van der Waals surface area (Å²) in [4.78, 5) is 42.6. The largest absolute Gasteiger partial charge is 0.469 e. The van der Waals surface area contributed by atoms with Crippen LogP contribution in [0.3, 0.4) is 0 Å². The highest BCUT2D eigenvalue weighted by Gasteiger charge is 2.22. The molecule has 0 saturated carbocycles. The predicted octanol–water partition coefficient (Wildman–Crippen LogP) is 9.76. The molecule has 0 aliphatic carbocycles. The first-order valence-corrected chi connectivity index (χ1v) is 20.0. The lowest BCUT2D eigenvalue weighted by Gasteiger charge is -2.18. The standard InChI is InChI=1S/C38H67O9P/c1-3-5-6-7-8-9-10-15-18-21-24-27-31-37(40)45-33-36(34-46-48(42,43)44)47-38(41)32-28-25-22-19-16-13-11-12-14-17-20-23-26-30-35(39)29-4-2/h11,13-14,17,19,22-23,26,35-36,39H,3-10,12,15-16,18,20-21,24-25,27-34H2,1-2H3,(H2,42,43,44)/b13-11-,17-14-,22-19-,26-23-/t35?,36-/m1/s1. The summed E-state index contributed by atoms with van der Waals surface area (Å²) in [6.07, 6.45) is 36.1. The molecule has 10 heteroatoms. The van der Waals surface area contributed by atoms with E-state index in [2.05, 4.69) is 48.8 Å². The molecule has 0 aromatic carbocycles. The van der Waals surface area contributed by atoms with Crippen LogP contribution >= 0.6 is 7.82 Å². The van der Waals surface area contributed by atoms with Gasteiger partial charge >= 0.3 is 19.8 Å². The average Bonchev–Trinajstić information content (AvgIpc) is 3.04. The van der Waals surface area contributed by atoms with Gasteiger partial charge in [0.15, 0.2) is 6.10 Å². The maximum absolute atomic E-state index is 12.3. The van der Waals surface area contributed by atoms with Gasteiger partial charge in [0.25, 0.3) is 0 Å². The summed E-state index contributed by atoms with van der Waals surface area (Å²) in [5.74, 6) is -0.972. The minimum absolute atomic E-state index is 0.121. The summed E-state index contributed by atoms with van der Waals surface area (Å²) in [6, 6.07) is 0. The normalized spacial score (nSPS) is 13.7. The van der Waals surface area contributed by atoms with Crippen LogP contribution in [0.4, 0.5) is 0 Å². The van der Waals surface area contributed by atoms with Gasteiger partial charge in [0.05, 0.1) is 12.7 Å². The number of phosphoric acid groups is 1. The van der Waals surface area contributed by atoms with E-state index >= 15 is 0 Å². The lowest BCUT2D eigenvalue weighted by Crippen LogP contribution is -2.29. The van der Waals surface area contributed by atoms with Gasteiger partial charge in [-0.25, -0.2) is 4.57 Å². The minimum atomic E-state index is -4.77. The fraction of sp³-hybridized carbons (Fsp3) is 0.737. The number of aliphatic hydroxyl groups excluding tert-OH is 1. The number of hydrogen-bond acceptors (Lipinski definition) is 7. The molecule has 0 rings (SSSR count). The summed E-state index contributed by atoms with van der Waals surface area (Å²) in [5.41, 5.74) is 0. The van der Waals surface area contributed by atoms with Gasteiger partial charge in [0, 0.05) is 12.8 Å². The zero-order chi connectivity index (χ0) is 35.6. The molecule has 278 valence electrons. The van der Waals surface area contributed by atoms with Gasteiger partial charge in [-0.1, -0.05) is 140 Å². The van der Waals surface area contributed by atoms with Crippen molar-refractivity contribution in [1.29, 1.82) is 0 Å². The summed E-state index contributed by atoms with van der Waals surface area (Å²) in [7, 11) is -4.77. The van der Waals surface area contributed by atoms with Gasteiger partial charge in [0.2, 0.25) is 0 Å². The van der Waals surface area contributed by atoms with Crippen LogP contribution in [0.1, 0.15) is 155 Å². The summed E-state index contributed by atoms with van der Waals surface area (Å²) < 4.78 is 26.2. The zero-order valence-electron chi connectivity index (χ0n) is 30.0. The van der Waals surface area contributed by atoms with E-state index in [0.29, 0.717) is 25.7 Å². The Hall–Kier alpha value is -2.03. The molecule has 0 aliphatic heterocycles. The second-order valence-corrected chi connectivity index (χ2v) is 13.6. The Morgan fingerprint density at radius 3 is 1.67 bits per heavy atom. The lowest BCUT2D eigenvalue weighted by molar-refractivity contribution is -0.161. The number of ether oxygens (including phenoxy) is 2. The Morgan fingerprint density at radius 1 is 0.625 bits per heavy atom. The van der Waals surface area contributed by atoms with Crippen molar-refractivity contribution in [2.24, 2.45) is 0 Å². The third-order valence-corrected chi connectivity index (χ3v) is 8.14. The Bertz CT molecular complexity index is 938. The van der Waals surface area contributed by atoms with Crippen molar-refractivity contribution in [3.8, 4) is 0 Å². The van der Waals surface area contributed by atoms with Crippen molar-refractivity contribution in [3.05, 3.63) is 48.6 Å². The molecule has 2 atom stereocenters. The molecule has 0 fully saturated rings. The molecule has 0 aliphatic rings. The summed E-state index contributed by atoms with van der Waals surface area (Å²) >= 11 is 0. The van der Waals surface area contributed by atoms with Gasteiger partial charge in [-0.05, 0) is 51.4 Å². The van der Waals surface area contributed by atoms with Crippen molar-refractivity contribution in [2.45, 2.75) is 167 Å². The third kappa shape index (κ3) is 35.3. The fourth-order valence-electron chi connectivity index (χ4n) is 4.91. The van der Waals surface area contributed by atoms with Gasteiger partial charge in [0.1, 0.15) is 6.61 Å². The highest BCUT2D eigenvalue weighted by Crippen LogP contribution is 2.36. The Labute approximate surface area is 291 Å². The number of allylic oxidation sites excluding steroid dienone is 7. The van der Waals surface area contributed by atoms with E-state index in [-0.39, 0.29) is 25.6 Å². The Balaban J connectivity index is 4.11. The summed E-state index contributed by atoms with van der Waals surface area (Å²) in [6.45, 7) is 3.42. The first-order chi connectivity index (χ1) is 23.2. The number of hydrogen-bond donors (Lipinski definition) is 3. The number of carbonyl (C=O) groups excluding carboxylic acids is 2. The van der Waals surface area contributed by atoms with Crippen LogP contribution in [0.25, 0.3) is 0 Å². The van der Waals surface area contributed by atoms with Crippen LogP contribution in [0, 0.1) is 0 Å². The monoisotopic (exact) mass is 698 g/mol. The van der Waals surface area contributed by atoms with Crippen LogP contribution in [0.15, 0.2) is 48.6 Å². The van der Waals surface area contributed by atoms with Crippen LogP contribution in [0.2, 0.25) is 0 Å². The molecule has 3 N–H and O–H groups in total. The molecule has 0 saturated heterocycles. The summed E-state index contributed by atoms with van der Waals surface area (Å²) in [5, 5.41) is 9.69. The van der Waals surface area contributed by atoms with Crippen LogP contribution in [0.5, 0.6) is 0 Å². The molecular weight excluding hydrogens is 631 g/mol. The highest BCUT2D eigenvalue weighted by molar-refractivity contribution is 7.46. The van der Waals surface area contributed by atoms with E-state index in [4.69, 9.17) is 19.3 Å². The number of unbranched alkanes of at least 4 members (excludes halogenated alkanes) is 12. The van der Waals surface area contributed by atoms with Crippen molar-refractivity contribution in [1.82, 2.24) is 0 Å². The van der Waals surface area contributed by atoms with Crippen molar-refractivity contribution < 1.29 is 43.0 Å². The maximum Gasteiger partial charge on any atom is 0.469 e. The van der Waals surface area contributed by atoms with Crippen LogP contribution in [-0.4, -0.2) is 52.3 Å². The van der Waals surface area contributed by atoms with Gasteiger partial charge in [-0.2, -0.15) is 0 Å². The van der Waals surface area contributed by atoms with Crippen LogP contribution < -0.4 is 0 Å². The molecule has 0 radical (unpaired) electrons. The van der Waals surface area contributed by atoms with E-state index in [9.17, 15) is 19.3 Å². The van der Waals surface area contributed by atoms with Gasteiger partial charge < -0.3 is 24.4 Å². The van der Waals surface area contributed by atoms with E-state index in [1.807, 2.05) is 18.2 Å². The lowest BCUT2D eigenvalue weighted by atomic mass is 10.0. The second kappa shape index (κ2) is 33.5. The van der Waals surface area contributed by atoms with Crippen molar-refractivity contribution in [3.63, 3.8) is 0 Å². The number of aliphatic hydroxyl groups is 1. The van der Waals surface area contributed by atoms with E-state index in [1.165, 1.54) is 57.8 Å². The van der Waals surface area contributed by atoms with E-state index in [0.717, 1.165) is 44.9 Å². The molecule has 0 aromatic heterocycles. The van der Waals surface area contributed by atoms with Gasteiger partial charge in [-0.3, -0.25) is 14.1 Å².